The van der Waals surface area contributed by atoms with Crippen molar-refractivity contribution in [2.45, 2.75) is 6.04 Å². The van der Waals surface area contributed by atoms with E-state index in [1.165, 1.54) is 0 Å². The van der Waals surface area contributed by atoms with Gasteiger partial charge in [0.1, 0.15) is 11.8 Å². The Labute approximate surface area is 106 Å². The van der Waals surface area contributed by atoms with Gasteiger partial charge in [0, 0.05) is 10.0 Å². The number of hydrogen-bond acceptors (Lipinski definition) is 3. The van der Waals surface area contributed by atoms with Crippen molar-refractivity contribution in [3.63, 3.8) is 0 Å². The number of halogens is 3. The van der Waals surface area contributed by atoms with Gasteiger partial charge in [-0.25, -0.2) is 0 Å². The maximum Gasteiger partial charge on any atom is 0.144 e. The summed E-state index contributed by atoms with van der Waals surface area (Å²) in [6.07, 6.45) is 0. The molecule has 74 valence electrons. The molecule has 1 atom stereocenters. The van der Waals surface area contributed by atoms with Crippen molar-refractivity contribution in [2.24, 2.45) is 5.73 Å². The molecule has 3 N–H and O–H groups in total. The summed E-state index contributed by atoms with van der Waals surface area (Å²) in [5, 5.41) is 18.3. The van der Waals surface area contributed by atoms with Crippen LogP contribution in [0.5, 0.6) is 5.75 Å². The van der Waals surface area contributed by atoms with Crippen LogP contribution in [-0.4, -0.2) is 5.11 Å². The summed E-state index contributed by atoms with van der Waals surface area (Å²) in [5.74, 6) is 0.0360. The van der Waals surface area contributed by atoms with E-state index in [9.17, 15) is 5.11 Å². The minimum absolute atomic E-state index is 0.0360. The van der Waals surface area contributed by atoms with E-state index in [1.54, 1.807) is 6.07 Å². The van der Waals surface area contributed by atoms with Crippen LogP contribution >= 0.6 is 47.8 Å². The number of aromatic hydroxyl groups is 1. The lowest BCUT2D eigenvalue weighted by molar-refractivity contribution is 0.467. The monoisotopic (exact) mass is 382 g/mol. The highest BCUT2D eigenvalue weighted by molar-refractivity contribution is 9.11. The Hall–Kier alpha value is -0.0900. The maximum absolute atomic E-state index is 9.58. The molecular formula is C8H5Br3N2O. The first kappa shape index (κ1) is 12.0. The van der Waals surface area contributed by atoms with Gasteiger partial charge in [-0.3, -0.25) is 0 Å². The lowest BCUT2D eigenvalue weighted by atomic mass is 10.1. The quantitative estimate of drug-likeness (QED) is 0.781. The molecule has 0 aliphatic rings. The highest BCUT2D eigenvalue weighted by Gasteiger charge is 2.18. The highest BCUT2D eigenvalue weighted by atomic mass is 79.9. The van der Waals surface area contributed by atoms with E-state index in [4.69, 9.17) is 11.0 Å². The topological polar surface area (TPSA) is 70.0 Å². The first-order valence-corrected chi connectivity index (χ1v) is 5.88. The molecule has 0 aromatic heterocycles. The van der Waals surface area contributed by atoms with Crippen LogP contribution in [-0.2, 0) is 0 Å². The molecule has 14 heavy (non-hydrogen) atoms. The summed E-state index contributed by atoms with van der Waals surface area (Å²) in [4.78, 5) is 0. The first-order chi connectivity index (χ1) is 6.49. The van der Waals surface area contributed by atoms with E-state index in [0.29, 0.717) is 19.0 Å². The third-order valence-electron chi connectivity index (χ3n) is 1.63. The minimum atomic E-state index is -0.780. The summed E-state index contributed by atoms with van der Waals surface area (Å²) in [5.41, 5.74) is 6.10. The molecule has 1 rings (SSSR count). The fraction of sp³-hybridized carbons (Fsp3) is 0.125. The molecule has 1 aromatic rings. The molecule has 0 unspecified atom stereocenters. The van der Waals surface area contributed by atoms with E-state index in [-0.39, 0.29) is 5.75 Å². The van der Waals surface area contributed by atoms with Crippen molar-refractivity contribution in [3.05, 3.63) is 25.0 Å². The van der Waals surface area contributed by atoms with Gasteiger partial charge in [0.15, 0.2) is 0 Å². The molecule has 0 amide bonds. The van der Waals surface area contributed by atoms with Crippen molar-refractivity contribution in [3.8, 4) is 11.8 Å². The summed E-state index contributed by atoms with van der Waals surface area (Å²) < 4.78 is 1.63. The number of nitriles is 1. The molecule has 0 saturated carbocycles. The molecule has 0 saturated heterocycles. The van der Waals surface area contributed by atoms with E-state index >= 15 is 0 Å². The Morgan fingerprint density at radius 2 is 1.93 bits per heavy atom. The molecule has 0 aliphatic heterocycles. The number of phenolic OH excluding ortho intramolecular Hbond substituents is 1. The van der Waals surface area contributed by atoms with Gasteiger partial charge in [-0.1, -0.05) is 15.9 Å². The largest absolute Gasteiger partial charge is 0.506 e. The predicted octanol–water partition coefficient (Wildman–Crippen LogP) is 3.20. The Morgan fingerprint density at radius 1 is 1.36 bits per heavy atom. The number of phenols is 1. The predicted molar refractivity (Wildman–Crippen MR) is 63.7 cm³/mol. The van der Waals surface area contributed by atoms with Crippen molar-refractivity contribution >= 4 is 47.8 Å². The molecule has 3 nitrogen and oxygen atoms in total. The highest BCUT2D eigenvalue weighted by Crippen LogP contribution is 2.41. The molecule has 0 spiro atoms. The molecule has 0 heterocycles. The first-order valence-electron chi connectivity index (χ1n) is 3.50. The van der Waals surface area contributed by atoms with Crippen LogP contribution in [0.4, 0.5) is 0 Å². The van der Waals surface area contributed by atoms with Gasteiger partial charge in [0.25, 0.3) is 0 Å². The van der Waals surface area contributed by atoms with Gasteiger partial charge >= 0.3 is 0 Å². The van der Waals surface area contributed by atoms with Crippen molar-refractivity contribution in [1.29, 1.82) is 5.26 Å². The van der Waals surface area contributed by atoms with Gasteiger partial charge in [-0.05, 0) is 37.9 Å². The second-order valence-electron chi connectivity index (χ2n) is 2.52. The van der Waals surface area contributed by atoms with Crippen LogP contribution in [0.15, 0.2) is 19.5 Å². The van der Waals surface area contributed by atoms with E-state index < -0.39 is 6.04 Å². The summed E-state index contributed by atoms with van der Waals surface area (Å²) in [6, 6.07) is 2.77. The van der Waals surface area contributed by atoms with E-state index in [2.05, 4.69) is 47.8 Å². The summed E-state index contributed by atoms with van der Waals surface area (Å²) in [6.45, 7) is 0. The Bertz CT molecular complexity index is 414. The molecule has 0 radical (unpaired) electrons. The maximum atomic E-state index is 9.58. The van der Waals surface area contributed by atoms with Crippen LogP contribution in [0.25, 0.3) is 0 Å². The Morgan fingerprint density at radius 3 is 2.43 bits per heavy atom. The standard InChI is InChI=1S/C8H5Br3N2O/c9-3-1-4(10)8(14)7(11)6(3)5(13)2-12/h1,5,14H,13H2/t5-/m1/s1. The second-order valence-corrected chi connectivity index (χ2v) is 5.02. The van der Waals surface area contributed by atoms with Crippen molar-refractivity contribution < 1.29 is 5.11 Å². The molecule has 0 aliphatic carbocycles. The molecule has 0 fully saturated rings. The van der Waals surface area contributed by atoms with Crippen LogP contribution in [0.2, 0.25) is 0 Å². The number of benzene rings is 1. The van der Waals surface area contributed by atoms with Crippen LogP contribution in [0, 0.1) is 11.3 Å². The third kappa shape index (κ3) is 2.11. The van der Waals surface area contributed by atoms with Gasteiger partial charge in [0.2, 0.25) is 0 Å². The normalized spacial score (nSPS) is 12.2. The lowest BCUT2D eigenvalue weighted by Crippen LogP contribution is -2.09. The zero-order chi connectivity index (χ0) is 10.9. The van der Waals surface area contributed by atoms with Crippen molar-refractivity contribution in [1.82, 2.24) is 0 Å². The van der Waals surface area contributed by atoms with Gasteiger partial charge < -0.3 is 10.8 Å². The van der Waals surface area contributed by atoms with E-state index in [1.807, 2.05) is 6.07 Å². The summed E-state index contributed by atoms with van der Waals surface area (Å²) in [7, 11) is 0. The zero-order valence-electron chi connectivity index (χ0n) is 6.76. The second kappa shape index (κ2) is 4.62. The average molecular weight is 385 g/mol. The fourth-order valence-corrected chi connectivity index (χ4v) is 3.56. The smallest absolute Gasteiger partial charge is 0.144 e. The third-order valence-corrected chi connectivity index (χ3v) is 3.69. The molecule has 0 bridgehead atoms. The number of nitrogens with zero attached hydrogens (tertiary/aromatic N) is 1. The number of nitrogens with two attached hydrogens (primary N) is 1. The summed E-state index contributed by atoms with van der Waals surface area (Å²) >= 11 is 9.62. The lowest BCUT2D eigenvalue weighted by Gasteiger charge is -2.11. The van der Waals surface area contributed by atoms with Crippen LogP contribution < -0.4 is 5.73 Å². The fourth-order valence-electron chi connectivity index (χ4n) is 0.944. The van der Waals surface area contributed by atoms with Crippen molar-refractivity contribution in [2.75, 3.05) is 0 Å². The van der Waals surface area contributed by atoms with Gasteiger partial charge in [0.05, 0.1) is 15.0 Å². The molecule has 6 heteroatoms. The van der Waals surface area contributed by atoms with Gasteiger partial charge in [-0.15, -0.1) is 0 Å². The Balaban J connectivity index is 3.45. The minimum Gasteiger partial charge on any atom is -0.506 e. The van der Waals surface area contributed by atoms with Gasteiger partial charge in [-0.2, -0.15) is 5.26 Å². The number of hydrogen-bond donors (Lipinski definition) is 2. The number of rotatable bonds is 1. The average Bonchev–Trinajstić information content (AvgIpc) is 2.14. The molecule has 1 aromatic carbocycles. The zero-order valence-corrected chi connectivity index (χ0v) is 11.5. The molecular weight excluding hydrogens is 380 g/mol. The SMILES string of the molecule is N#C[C@@H](N)c1c(Br)cc(Br)c(O)c1Br. The van der Waals surface area contributed by atoms with Crippen LogP contribution in [0.1, 0.15) is 11.6 Å². The van der Waals surface area contributed by atoms with E-state index in [0.717, 1.165) is 0 Å². The van der Waals surface area contributed by atoms with Crippen LogP contribution in [0.3, 0.4) is 0 Å². The Kier molecular flexibility index (Phi) is 3.95.